The summed E-state index contributed by atoms with van der Waals surface area (Å²) in [7, 11) is 0.266. The molecule has 1 aliphatic heterocycles. The van der Waals surface area contributed by atoms with E-state index >= 15 is 0 Å². The molecule has 0 fully saturated rings. The fourth-order valence-corrected chi connectivity index (χ4v) is 4.65. The van der Waals surface area contributed by atoms with E-state index in [1.165, 1.54) is 0 Å². The SMILES string of the molecule is COC1c2ccccc2S(=O)C1C(O)c1ccc(Cl)cc1. The third-order valence-corrected chi connectivity index (χ3v) is 5.82. The van der Waals surface area contributed by atoms with Gasteiger partial charge in [0.1, 0.15) is 6.10 Å². The van der Waals surface area contributed by atoms with E-state index in [-0.39, 0.29) is 6.10 Å². The van der Waals surface area contributed by atoms with Crippen LogP contribution in [-0.4, -0.2) is 21.7 Å². The van der Waals surface area contributed by atoms with Crippen molar-refractivity contribution in [2.24, 2.45) is 0 Å². The van der Waals surface area contributed by atoms with E-state index in [1.807, 2.05) is 24.3 Å². The molecule has 2 aromatic carbocycles. The minimum Gasteiger partial charge on any atom is -0.387 e. The van der Waals surface area contributed by atoms with E-state index in [4.69, 9.17) is 16.3 Å². The maximum Gasteiger partial charge on any atom is 0.101 e. The van der Waals surface area contributed by atoms with Crippen molar-refractivity contribution >= 4 is 22.4 Å². The van der Waals surface area contributed by atoms with Gasteiger partial charge in [-0.15, -0.1) is 0 Å². The van der Waals surface area contributed by atoms with Crippen molar-refractivity contribution in [2.75, 3.05) is 7.11 Å². The van der Waals surface area contributed by atoms with Gasteiger partial charge in [0.05, 0.1) is 22.2 Å². The van der Waals surface area contributed by atoms with Crippen molar-refractivity contribution in [1.82, 2.24) is 0 Å². The summed E-state index contributed by atoms with van der Waals surface area (Å²) in [6.07, 6.45) is -1.26. The van der Waals surface area contributed by atoms with Crippen LogP contribution in [0.1, 0.15) is 23.3 Å². The lowest BCUT2D eigenvalue weighted by Gasteiger charge is -2.23. The summed E-state index contributed by atoms with van der Waals surface area (Å²) in [6.45, 7) is 0. The second kappa shape index (κ2) is 5.89. The summed E-state index contributed by atoms with van der Waals surface area (Å²) in [5, 5.41) is 10.7. The fourth-order valence-electron chi connectivity index (χ4n) is 2.73. The highest BCUT2D eigenvalue weighted by Crippen LogP contribution is 2.43. The largest absolute Gasteiger partial charge is 0.387 e. The van der Waals surface area contributed by atoms with Crippen LogP contribution in [0.2, 0.25) is 5.02 Å². The number of hydrogen-bond acceptors (Lipinski definition) is 3. The van der Waals surface area contributed by atoms with Crippen LogP contribution in [-0.2, 0) is 15.5 Å². The predicted molar refractivity (Wildman–Crippen MR) is 82.8 cm³/mol. The van der Waals surface area contributed by atoms with E-state index < -0.39 is 22.2 Å². The minimum atomic E-state index is -1.31. The lowest BCUT2D eigenvalue weighted by atomic mass is 9.98. The Morgan fingerprint density at radius 1 is 1.19 bits per heavy atom. The number of benzene rings is 2. The first-order chi connectivity index (χ1) is 10.1. The molecule has 3 rings (SSSR count). The molecule has 0 amide bonds. The van der Waals surface area contributed by atoms with E-state index in [2.05, 4.69) is 0 Å². The first-order valence-electron chi connectivity index (χ1n) is 6.59. The number of aliphatic hydroxyl groups excluding tert-OH is 1. The number of halogens is 1. The van der Waals surface area contributed by atoms with Crippen LogP contribution >= 0.6 is 11.6 Å². The first-order valence-corrected chi connectivity index (χ1v) is 8.18. The van der Waals surface area contributed by atoms with Gasteiger partial charge < -0.3 is 9.84 Å². The van der Waals surface area contributed by atoms with Crippen molar-refractivity contribution in [3.63, 3.8) is 0 Å². The number of ether oxygens (including phenoxy) is 1. The second-order valence-electron chi connectivity index (χ2n) is 4.95. The number of hydrogen-bond donors (Lipinski definition) is 1. The molecule has 4 unspecified atom stereocenters. The van der Waals surface area contributed by atoms with Gasteiger partial charge in [-0.25, -0.2) is 0 Å². The normalized spacial score (nSPS) is 25.6. The Balaban J connectivity index is 1.99. The van der Waals surface area contributed by atoms with Crippen molar-refractivity contribution in [3.8, 4) is 0 Å². The first kappa shape index (κ1) is 14.7. The van der Waals surface area contributed by atoms with Crippen LogP contribution in [0, 0.1) is 0 Å². The molecule has 0 aromatic heterocycles. The van der Waals surface area contributed by atoms with Crippen LogP contribution in [0.4, 0.5) is 0 Å². The zero-order valence-electron chi connectivity index (χ0n) is 11.4. The molecule has 0 saturated carbocycles. The van der Waals surface area contributed by atoms with Gasteiger partial charge in [0.2, 0.25) is 0 Å². The smallest absolute Gasteiger partial charge is 0.101 e. The van der Waals surface area contributed by atoms with E-state index in [0.29, 0.717) is 10.6 Å². The molecule has 21 heavy (non-hydrogen) atoms. The molecule has 0 bridgehead atoms. The zero-order chi connectivity index (χ0) is 15.0. The Hall–Kier alpha value is -1.20. The third-order valence-electron chi connectivity index (χ3n) is 3.76. The van der Waals surface area contributed by atoms with Crippen LogP contribution in [0.5, 0.6) is 0 Å². The molecule has 0 saturated heterocycles. The van der Waals surface area contributed by atoms with Crippen LogP contribution in [0.15, 0.2) is 53.4 Å². The lowest BCUT2D eigenvalue weighted by molar-refractivity contribution is 0.0527. The summed E-state index contributed by atoms with van der Waals surface area (Å²) in [6, 6.07) is 14.4. The fraction of sp³-hybridized carbons (Fsp3) is 0.250. The van der Waals surface area contributed by atoms with Crippen molar-refractivity contribution in [1.29, 1.82) is 0 Å². The highest BCUT2D eigenvalue weighted by Gasteiger charge is 2.43. The lowest BCUT2D eigenvalue weighted by Crippen LogP contribution is -2.26. The Morgan fingerprint density at radius 2 is 1.86 bits per heavy atom. The standard InChI is InChI=1S/C16H15ClO3S/c1-20-15-12-4-2-3-5-13(12)21(19)16(15)14(18)10-6-8-11(17)9-7-10/h2-9,14-16,18H,1H3. The number of methoxy groups -OCH3 is 1. The molecule has 0 aliphatic carbocycles. The number of fused-ring (bicyclic) bond motifs is 1. The van der Waals surface area contributed by atoms with Gasteiger partial charge >= 0.3 is 0 Å². The quantitative estimate of drug-likeness (QED) is 0.943. The van der Waals surface area contributed by atoms with E-state index in [0.717, 1.165) is 10.5 Å². The summed E-state index contributed by atoms with van der Waals surface area (Å²) in [4.78, 5) is 0.738. The average Bonchev–Trinajstić information content (AvgIpc) is 2.80. The van der Waals surface area contributed by atoms with E-state index in [9.17, 15) is 9.32 Å². The molecule has 1 N–H and O–H groups in total. The Bertz CT molecular complexity index is 671. The van der Waals surface area contributed by atoms with Crippen molar-refractivity contribution < 1.29 is 14.1 Å². The van der Waals surface area contributed by atoms with Gasteiger partial charge in [0.25, 0.3) is 0 Å². The third kappa shape index (κ3) is 2.53. The second-order valence-corrected chi connectivity index (χ2v) is 6.97. The molecule has 4 atom stereocenters. The average molecular weight is 323 g/mol. The molecule has 110 valence electrons. The maximum atomic E-state index is 12.7. The molecule has 5 heteroatoms. The summed E-state index contributed by atoms with van der Waals surface area (Å²) >= 11 is 5.87. The maximum absolute atomic E-state index is 12.7. The highest BCUT2D eigenvalue weighted by atomic mass is 35.5. The van der Waals surface area contributed by atoms with Gasteiger partial charge in [-0.3, -0.25) is 4.21 Å². The summed E-state index contributed by atoms with van der Waals surface area (Å²) < 4.78 is 18.2. The Morgan fingerprint density at radius 3 is 2.52 bits per heavy atom. The number of rotatable bonds is 3. The van der Waals surface area contributed by atoms with E-state index in [1.54, 1.807) is 31.4 Å². The monoisotopic (exact) mass is 322 g/mol. The minimum absolute atomic E-state index is 0.382. The molecular formula is C16H15ClO3S. The van der Waals surface area contributed by atoms with Gasteiger partial charge in [0, 0.05) is 17.0 Å². The molecule has 0 spiro atoms. The zero-order valence-corrected chi connectivity index (χ0v) is 13.0. The summed E-state index contributed by atoms with van der Waals surface area (Å²) in [5.41, 5.74) is 1.57. The van der Waals surface area contributed by atoms with Gasteiger partial charge in [0.15, 0.2) is 0 Å². The highest BCUT2D eigenvalue weighted by molar-refractivity contribution is 7.86. The molecule has 1 aliphatic rings. The molecule has 0 radical (unpaired) electrons. The van der Waals surface area contributed by atoms with Crippen LogP contribution < -0.4 is 0 Å². The van der Waals surface area contributed by atoms with Gasteiger partial charge in [-0.2, -0.15) is 0 Å². The topological polar surface area (TPSA) is 46.5 Å². The molecule has 3 nitrogen and oxygen atoms in total. The van der Waals surface area contributed by atoms with Crippen molar-refractivity contribution in [2.45, 2.75) is 22.4 Å². The Labute approximate surface area is 131 Å². The predicted octanol–water partition coefficient (Wildman–Crippen LogP) is 3.25. The number of aliphatic hydroxyl groups is 1. The van der Waals surface area contributed by atoms with Crippen molar-refractivity contribution in [3.05, 3.63) is 64.7 Å². The van der Waals surface area contributed by atoms with Gasteiger partial charge in [-0.05, 0) is 29.3 Å². The summed E-state index contributed by atoms with van der Waals surface area (Å²) in [5.74, 6) is 0. The Kier molecular flexibility index (Phi) is 4.13. The van der Waals surface area contributed by atoms with Crippen LogP contribution in [0.3, 0.4) is 0 Å². The molecular weight excluding hydrogens is 308 g/mol. The molecule has 1 heterocycles. The van der Waals surface area contributed by atoms with Crippen LogP contribution in [0.25, 0.3) is 0 Å². The molecule has 2 aromatic rings. The van der Waals surface area contributed by atoms with Gasteiger partial charge in [-0.1, -0.05) is 41.9 Å².